The first-order valence-corrected chi connectivity index (χ1v) is 7.11. The lowest BCUT2D eigenvalue weighted by Gasteiger charge is -2.09. The van der Waals surface area contributed by atoms with Crippen molar-refractivity contribution in [2.75, 3.05) is 0 Å². The van der Waals surface area contributed by atoms with Crippen LogP contribution >= 0.6 is 11.6 Å². The molecule has 108 valence electrons. The van der Waals surface area contributed by atoms with Crippen LogP contribution in [-0.4, -0.2) is 14.9 Å². The van der Waals surface area contributed by atoms with Crippen molar-refractivity contribution in [1.82, 2.24) is 9.78 Å². The fourth-order valence-electron chi connectivity index (χ4n) is 2.41. The first-order chi connectivity index (χ1) is 9.62. The van der Waals surface area contributed by atoms with Crippen LogP contribution in [0, 0.1) is 5.82 Å². The SMILES string of the molecule is CCc1nn(Cc2cccc(Cl)c2F)c(CC)c1CO. The van der Waals surface area contributed by atoms with E-state index in [2.05, 4.69) is 5.10 Å². The van der Waals surface area contributed by atoms with E-state index >= 15 is 0 Å². The molecule has 0 aliphatic heterocycles. The van der Waals surface area contributed by atoms with E-state index in [1.807, 2.05) is 13.8 Å². The maximum atomic E-state index is 14.0. The van der Waals surface area contributed by atoms with Crippen LogP contribution in [0.25, 0.3) is 0 Å². The third-order valence-corrected chi connectivity index (χ3v) is 3.72. The Bertz CT molecular complexity index is 610. The molecule has 2 aromatic rings. The Morgan fingerprint density at radius 3 is 2.65 bits per heavy atom. The van der Waals surface area contributed by atoms with Gasteiger partial charge in [-0.1, -0.05) is 37.6 Å². The van der Waals surface area contributed by atoms with Gasteiger partial charge in [0.05, 0.1) is 23.9 Å². The molecule has 0 spiro atoms. The predicted molar refractivity (Wildman–Crippen MR) is 77.4 cm³/mol. The Kier molecular flexibility index (Phi) is 4.78. The fourth-order valence-corrected chi connectivity index (χ4v) is 2.61. The van der Waals surface area contributed by atoms with Gasteiger partial charge in [-0.05, 0) is 18.9 Å². The molecule has 1 N–H and O–H groups in total. The molecule has 0 bridgehead atoms. The van der Waals surface area contributed by atoms with Crippen LogP contribution in [0.5, 0.6) is 0 Å². The lowest BCUT2D eigenvalue weighted by atomic mass is 10.1. The van der Waals surface area contributed by atoms with Gasteiger partial charge in [0.25, 0.3) is 0 Å². The van der Waals surface area contributed by atoms with Crippen LogP contribution in [0.4, 0.5) is 4.39 Å². The number of aromatic nitrogens is 2. The largest absolute Gasteiger partial charge is 0.392 e. The predicted octanol–water partition coefficient (Wildman–Crippen LogP) is 3.34. The second-order valence-electron chi connectivity index (χ2n) is 4.61. The number of rotatable bonds is 5. The first-order valence-electron chi connectivity index (χ1n) is 6.73. The van der Waals surface area contributed by atoms with E-state index in [1.165, 1.54) is 6.07 Å². The van der Waals surface area contributed by atoms with E-state index in [1.54, 1.807) is 16.8 Å². The highest BCUT2D eigenvalue weighted by Crippen LogP contribution is 2.21. The molecule has 0 unspecified atom stereocenters. The van der Waals surface area contributed by atoms with Crippen LogP contribution in [0.15, 0.2) is 18.2 Å². The zero-order valence-corrected chi connectivity index (χ0v) is 12.4. The van der Waals surface area contributed by atoms with Crippen molar-refractivity contribution in [3.63, 3.8) is 0 Å². The van der Waals surface area contributed by atoms with Gasteiger partial charge in [-0.2, -0.15) is 5.10 Å². The highest BCUT2D eigenvalue weighted by Gasteiger charge is 2.16. The van der Waals surface area contributed by atoms with Gasteiger partial charge >= 0.3 is 0 Å². The second-order valence-corrected chi connectivity index (χ2v) is 5.01. The molecule has 0 radical (unpaired) electrons. The molecule has 0 aliphatic carbocycles. The lowest BCUT2D eigenvalue weighted by Crippen LogP contribution is -2.08. The highest BCUT2D eigenvalue weighted by atomic mass is 35.5. The Morgan fingerprint density at radius 1 is 1.30 bits per heavy atom. The van der Waals surface area contributed by atoms with Crippen molar-refractivity contribution in [3.05, 3.63) is 51.6 Å². The minimum atomic E-state index is -0.407. The summed E-state index contributed by atoms with van der Waals surface area (Å²) in [6, 6.07) is 4.96. The summed E-state index contributed by atoms with van der Waals surface area (Å²) in [5, 5.41) is 14.1. The van der Waals surface area contributed by atoms with E-state index in [9.17, 15) is 9.50 Å². The number of halogens is 2. The molecule has 1 heterocycles. The van der Waals surface area contributed by atoms with Gasteiger partial charge in [-0.25, -0.2) is 4.39 Å². The molecule has 1 aromatic heterocycles. The molecular weight excluding hydrogens is 279 g/mol. The summed E-state index contributed by atoms with van der Waals surface area (Å²) in [6.45, 7) is 4.28. The van der Waals surface area contributed by atoms with Gasteiger partial charge in [-0.3, -0.25) is 4.68 Å². The number of aliphatic hydroxyl groups is 1. The Morgan fingerprint density at radius 2 is 2.05 bits per heavy atom. The topological polar surface area (TPSA) is 38.0 Å². The monoisotopic (exact) mass is 296 g/mol. The maximum absolute atomic E-state index is 14.0. The molecule has 3 nitrogen and oxygen atoms in total. The van der Waals surface area contributed by atoms with Crippen LogP contribution < -0.4 is 0 Å². The zero-order chi connectivity index (χ0) is 14.7. The molecule has 0 saturated carbocycles. The summed E-state index contributed by atoms with van der Waals surface area (Å²) in [5.74, 6) is -0.407. The molecular formula is C15H18ClFN2O. The van der Waals surface area contributed by atoms with Crippen LogP contribution in [0.1, 0.15) is 36.4 Å². The van der Waals surface area contributed by atoms with Crippen molar-refractivity contribution < 1.29 is 9.50 Å². The average Bonchev–Trinajstić information content (AvgIpc) is 2.80. The number of aryl methyl sites for hydroxylation is 1. The van der Waals surface area contributed by atoms with Gasteiger partial charge in [0.1, 0.15) is 5.82 Å². The van der Waals surface area contributed by atoms with Gasteiger partial charge in [0, 0.05) is 16.8 Å². The van der Waals surface area contributed by atoms with Gasteiger partial charge in [0.2, 0.25) is 0 Å². The summed E-state index contributed by atoms with van der Waals surface area (Å²) in [6.07, 6.45) is 1.49. The Balaban J connectivity index is 2.43. The van der Waals surface area contributed by atoms with Crippen LogP contribution in [0.3, 0.4) is 0 Å². The average molecular weight is 297 g/mol. The van der Waals surface area contributed by atoms with Crippen molar-refractivity contribution in [2.24, 2.45) is 0 Å². The Hall–Kier alpha value is -1.39. The van der Waals surface area contributed by atoms with Gasteiger partial charge < -0.3 is 5.11 Å². The summed E-state index contributed by atoms with van der Waals surface area (Å²) in [5.41, 5.74) is 3.18. The summed E-state index contributed by atoms with van der Waals surface area (Å²) < 4.78 is 15.7. The summed E-state index contributed by atoms with van der Waals surface area (Å²) in [4.78, 5) is 0. The molecule has 2 rings (SSSR count). The van der Waals surface area contributed by atoms with Crippen molar-refractivity contribution >= 4 is 11.6 Å². The third kappa shape index (κ3) is 2.72. The zero-order valence-electron chi connectivity index (χ0n) is 11.7. The maximum Gasteiger partial charge on any atom is 0.146 e. The van der Waals surface area contributed by atoms with E-state index in [0.717, 1.165) is 29.8 Å². The van der Waals surface area contributed by atoms with E-state index in [-0.39, 0.29) is 11.6 Å². The van der Waals surface area contributed by atoms with Crippen molar-refractivity contribution in [1.29, 1.82) is 0 Å². The molecule has 20 heavy (non-hydrogen) atoms. The normalized spacial score (nSPS) is 11.1. The Labute approximate surface area is 123 Å². The van der Waals surface area contributed by atoms with Crippen LogP contribution in [-0.2, 0) is 26.0 Å². The van der Waals surface area contributed by atoms with E-state index < -0.39 is 5.82 Å². The second kappa shape index (κ2) is 6.37. The molecule has 0 saturated heterocycles. The van der Waals surface area contributed by atoms with Crippen molar-refractivity contribution in [3.8, 4) is 0 Å². The smallest absolute Gasteiger partial charge is 0.146 e. The first kappa shape index (κ1) is 15.0. The quantitative estimate of drug-likeness (QED) is 0.919. The molecule has 1 aromatic carbocycles. The van der Waals surface area contributed by atoms with E-state index in [4.69, 9.17) is 11.6 Å². The highest BCUT2D eigenvalue weighted by molar-refractivity contribution is 6.30. The minimum Gasteiger partial charge on any atom is -0.392 e. The molecule has 0 atom stereocenters. The standard InChI is InChI=1S/C15H18ClFN2O/c1-3-13-11(9-20)14(4-2)19(18-13)8-10-6-5-7-12(16)15(10)17/h5-7,20H,3-4,8-9H2,1-2H3. The number of hydrogen-bond donors (Lipinski definition) is 1. The number of aliphatic hydroxyl groups excluding tert-OH is 1. The summed E-state index contributed by atoms with van der Waals surface area (Å²) in [7, 11) is 0. The number of nitrogens with zero attached hydrogens (tertiary/aromatic N) is 2. The van der Waals surface area contributed by atoms with Crippen molar-refractivity contribution in [2.45, 2.75) is 39.8 Å². The minimum absolute atomic E-state index is 0.0373. The molecule has 0 fully saturated rings. The number of hydrogen-bond acceptors (Lipinski definition) is 2. The van der Waals surface area contributed by atoms with Gasteiger partial charge in [0.15, 0.2) is 0 Å². The summed E-state index contributed by atoms with van der Waals surface area (Å²) >= 11 is 5.80. The fraction of sp³-hybridized carbons (Fsp3) is 0.400. The van der Waals surface area contributed by atoms with Crippen LogP contribution in [0.2, 0.25) is 5.02 Å². The van der Waals surface area contributed by atoms with Gasteiger partial charge in [-0.15, -0.1) is 0 Å². The molecule has 5 heteroatoms. The lowest BCUT2D eigenvalue weighted by molar-refractivity contribution is 0.279. The third-order valence-electron chi connectivity index (χ3n) is 3.43. The molecule has 0 amide bonds. The van der Waals surface area contributed by atoms with E-state index in [0.29, 0.717) is 12.1 Å². The number of benzene rings is 1. The molecule has 0 aliphatic rings.